The second-order valence-electron chi connectivity index (χ2n) is 3.23. The molecule has 2 rings (SSSR count). The number of aromatic nitrogens is 4. The average Bonchev–Trinajstić information content (AvgIpc) is 2.66. The fraction of sp³-hybridized carbons (Fsp3) is 0.333. The van der Waals surface area contributed by atoms with E-state index in [-0.39, 0.29) is 6.04 Å². The van der Waals surface area contributed by atoms with Crippen LogP contribution in [0, 0.1) is 6.92 Å². The van der Waals surface area contributed by atoms with E-state index < -0.39 is 0 Å². The van der Waals surface area contributed by atoms with E-state index in [9.17, 15) is 0 Å². The van der Waals surface area contributed by atoms with Crippen LogP contribution in [0.4, 0.5) is 0 Å². The van der Waals surface area contributed by atoms with Gasteiger partial charge in [0.15, 0.2) is 0 Å². The van der Waals surface area contributed by atoms with Gasteiger partial charge in [-0.3, -0.25) is 0 Å². The molecule has 0 aromatic carbocycles. The molecule has 6 heteroatoms. The molecule has 0 fully saturated rings. The Labute approximate surface area is 86.5 Å². The Kier molecular flexibility index (Phi) is 2.42. The van der Waals surface area contributed by atoms with Crippen molar-refractivity contribution in [3.05, 3.63) is 24.0 Å². The Morgan fingerprint density at radius 3 is 2.80 bits per heavy atom. The van der Waals surface area contributed by atoms with Gasteiger partial charge in [-0.1, -0.05) is 5.16 Å². The molecule has 15 heavy (non-hydrogen) atoms. The van der Waals surface area contributed by atoms with Crippen molar-refractivity contribution in [2.45, 2.75) is 19.9 Å². The molecule has 0 aliphatic carbocycles. The zero-order valence-electron chi connectivity index (χ0n) is 8.51. The molecule has 0 saturated carbocycles. The maximum atomic E-state index is 5.61. The number of aryl methyl sites for hydroxylation is 1. The van der Waals surface area contributed by atoms with Crippen molar-refractivity contribution >= 4 is 0 Å². The Hall–Kier alpha value is -1.82. The number of hydrogen-bond donors (Lipinski definition) is 1. The van der Waals surface area contributed by atoms with Crippen LogP contribution in [-0.4, -0.2) is 20.1 Å². The van der Waals surface area contributed by atoms with E-state index in [1.54, 1.807) is 26.1 Å². The zero-order chi connectivity index (χ0) is 10.8. The number of nitrogens with two attached hydrogens (primary N) is 1. The number of rotatable bonds is 2. The largest absolute Gasteiger partial charge is 0.337 e. The van der Waals surface area contributed by atoms with Gasteiger partial charge in [-0.2, -0.15) is 4.98 Å². The Morgan fingerprint density at radius 2 is 2.20 bits per heavy atom. The molecule has 2 N–H and O–H groups in total. The van der Waals surface area contributed by atoms with E-state index in [0.717, 1.165) is 0 Å². The van der Waals surface area contributed by atoms with Crippen LogP contribution in [0.1, 0.15) is 24.7 Å². The van der Waals surface area contributed by atoms with Crippen molar-refractivity contribution in [2.24, 2.45) is 5.73 Å². The Balaban J connectivity index is 2.37. The Morgan fingerprint density at radius 1 is 1.40 bits per heavy atom. The summed E-state index contributed by atoms with van der Waals surface area (Å²) in [7, 11) is 0. The normalized spacial score (nSPS) is 12.7. The van der Waals surface area contributed by atoms with Crippen LogP contribution in [0.3, 0.4) is 0 Å². The van der Waals surface area contributed by atoms with Gasteiger partial charge in [-0.15, -0.1) is 0 Å². The van der Waals surface area contributed by atoms with Crippen LogP contribution in [-0.2, 0) is 0 Å². The van der Waals surface area contributed by atoms with Crippen molar-refractivity contribution in [3.8, 4) is 11.5 Å². The van der Waals surface area contributed by atoms with E-state index >= 15 is 0 Å². The predicted octanol–water partition coefficient (Wildman–Crippen LogP) is 0.855. The fourth-order valence-corrected chi connectivity index (χ4v) is 1.10. The van der Waals surface area contributed by atoms with E-state index in [1.807, 2.05) is 0 Å². The van der Waals surface area contributed by atoms with Crippen molar-refractivity contribution in [1.82, 2.24) is 20.1 Å². The Bertz CT molecular complexity index is 465. The summed E-state index contributed by atoms with van der Waals surface area (Å²) in [6.45, 7) is 3.58. The topological polar surface area (TPSA) is 90.7 Å². The second-order valence-corrected chi connectivity index (χ2v) is 3.23. The number of hydrogen-bond acceptors (Lipinski definition) is 6. The van der Waals surface area contributed by atoms with Crippen LogP contribution in [0.25, 0.3) is 11.5 Å². The molecule has 2 aromatic heterocycles. The quantitative estimate of drug-likeness (QED) is 0.781. The van der Waals surface area contributed by atoms with Crippen LogP contribution in [0.15, 0.2) is 16.8 Å². The minimum Gasteiger partial charge on any atom is -0.337 e. The van der Waals surface area contributed by atoms with E-state index in [0.29, 0.717) is 23.2 Å². The molecule has 78 valence electrons. The molecular formula is C9H11N5O. The lowest BCUT2D eigenvalue weighted by Gasteiger charge is -1.94. The monoisotopic (exact) mass is 205 g/mol. The first-order valence-electron chi connectivity index (χ1n) is 4.56. The SMILES string of the molecule is Cc1nccc(-c2noc([C@@H](C)N)n2)n1. The zero-order valence-corrected chi connectivity index (χ0v) is 8.51. The first kappa shape index (κ1) is 9.72. The molecule has 0 saturated heterocycles. The van der Waals surface area contributed by atoms with Gasteiger partial charge in [0.05, 0.1) is 6.04 Å². The summed E-state index contributed by atoms with van der Waals surface area (Å²) in [5.74, 6) is 1.51. The van der Waals surface area contributed by atoms with E-state index in [1.165, 1.54) is 0 Å². The lowest BCUT2D eigenvalue weighted by molar-refractivity contribution is 0.362. The molecule has 0 unspecified atom stereocenters. The van der Waals surface area contributed by atoms with Crippen molar-refractivity contribution in [1.29, 1.82) is 0 Å². The van der Waals surface area contributed by atoms with E-state index in [2.05, 4.69) is 20.1 Å². The van der Waals surface area contributed by atoms with Crippen LogP contribution < -0.4 is 5.73 Å². The minimum atomic E-state index is -0.269. The average molecular weight is 205 g/mol. The lowest BCUT2D eigenvalue weighted by atomic mass is 10.3. The van der Waals surface area contributed by atoms with Crippen LogP contribution in [0.2, 0.25) is 0 Å². The highest BCUT2D eigenvalue weighted by molar-refractivity contribution is 5.46. The third-order valence-electron chi connectivity index (χ3n) is 1.84. The molecule has 1 atom stereocenters. The van der Waals surface area contributed by atoms with Crippen molar-refractivity contribution in [2.75, 3.05) is 0 Å². The summed E-state index contributed by atoms with van der Waals surface area (Å²) in [6, 6.07) is 1.46. The smallest absolute Gasteiger partial charge is 0.243 e. The molecule has 0 aliphatic heterocycles. The first-order valence-corrected chi connectivity index (χ1v) is 4.56. The maximum absolute atomic E-state index is 5.61. The predicted molar refractivity (Wildman–Crippen MR) is 52.7 cm³/mol. The highest BCUT2D eigenvalue weighted by atomic mass is 16.5. The molecule has 0 spiro atoms. The van der Waals surface area contributed by atoms with Gasteiger partial charge in [0.2, 0.25) is 11.7 Å². The molecule has 0 aliphatic rings. The van der Waals surface area contributed by atoms with Crippen LogP contribution >= 0.6 is 0 Å². The highest BCUT2D eigenvalue weighted by Gasteiger charge is 2.12. The molecule has 2 aromatic rings. The third-order valence-corrected chi connectivity index (χ3v) is 1.84. The highest BCUT2D eigenvalue weighted by Crippen LogP contribution is 2.14. The molecule has 6 nitrogen and oxygen atoms in total. The van der Waals surface area contributed by atoms with E-state index in [4.69, 9.17) is 10.3 Å². The third kappa shape index (κ3) is 1.99. The summed E-state index contributed by atoms with van der Waals surface area (Å²) < 4.78 is 4.97. The summed E-state index contributed by atoms with van der Waals surface area (Å²) in [5, 5.41) is 3.79. The van der Waals surface area contributed by atoms with Gasteiger partial charge in [-0.05, 0) is 19.9 Å². The van der Waals surface area contributed by atoms with Crippen LogP contribution in [0.5, 0.6) is 0 Å². The number of nitrogens with zero attached hydrogens (tertiary/aromatic N) is 4. The first-order chi connectivity index (χ1) is 7.16. The molecule has 2 heterocycles. The molecule has 0 amide bonds. The summed E-state index contributed by atoms with van der Waals surface area (Å²) in [4.78, 5) is 12.3. The summed E-state index contributed by atoms with van der Waals surface area (Å²) in [6.07, 6.45) is 1.65. The van der Waals surface area contributed by atoms with Gasteiger partial charge in [0.1, 0.15) is 11.5 Å². The lowest BCUT2D eigenvalue weighted by Crippen LogP contribution is -2.04. The van der Waals surface area contributed by atoms with Crippen molar-refractivity contribution in [3.63, 3.8) is 0 Å². The summed E-state index contributed by atoms with van der Waals surface area (Å²) in [5.41, 5.74) is 6.24. The van der Waals surface area contributed by atoms with Gasteiger partial charge in [-0.25, -0.2) is 9.97 Å². The minimum absolute atomic E-state index is 0.269. The summed E-state index contributed by atoms with van der Waals surface area (Å²) >= 11 is 0. The molecular weight excluding hydrogens is 194 g/mol. The fourth-order valence-electron chi connectivity index (χ4n) is 1.10. The standard InChI is InChI=1S/C9H11N5O/c1-5(10)9-13-8(14-15-9)7-3-4-11-6(2)12-7/h3-5H,10H2,1-2H3/t5-/m1/s1. The second kappa shape index (κ2) is 3.74. The molecule has 0 bridgehead atoms. The maximum Gasteiger partial charge on any atom is 0.243 e. The van der Waals surface area contributed by atoms with Gasteiger partial charge in [0.25, 0.3) is 0 Å². The molecule has 0 radical (unpaired) electrons. The van der Waals surface area contributed by atoms with Gasteiger partial charge >= 0.3 is 0 Å². The van der Waals surface area contributed by atoms with Gasteiger partial charge in [0, 0.05) is 6.20 Å². The van der Waals surface area contributed by atoms with Gasteiger partial charge < -0.3 is 10.3 Å². The van der Waals surface area contributed by atoms with Crippen molar-refractivity contribution < 1.29 is 4.52 Å².